The molecule has 2 nitrogen and oxygen atoms in total. The largest absolute Gasteiger partial charge is 0.508 e. The van der Waals surface area contributed by atoms with E-state index >= 15 is 0 Å². The van der Waals surface area contributed by atoms with Crippen LogP contribution in [0.2, 0.25) is 0 Å². The SMILES string of the molecule is NCC1(Cc2ccc(O)cc2)CC2CC2C1. The van der Waals surface area contributed by atoms with Crippen molar-refractivity contribution < 1.29 is 5.11 Å². The predicted octanol–water partition coefficient (Wildman–Crippen LogP) is 2.31. The first kappa shape index (κ1) is 10.2. The van der Waals surface area contributed by atoms with Gasteiger partial charge in [-0.1, -0.05) is 12.1 Å². The second-order valence-corrected chi connectivity index (χ2v) is 5.71. The van der Waals surface area contributed by atoms with Gasteiger partial charge in [0.2, 0.25) is 0 Å². The van der Waals surface area contributed by atoms with Crippen molar-refractivity contribution >= 4 is 0 Å². The summed E-state index contributed by atoms with van der Waals surface area (Å²) in [4.78, 5) is 0. The van der Waals surface area contributed by atoms with Gasteiger partial charge in [0.1, 0.15) is 5.75 Å². The molecule has 0 bridgehead atoms. The van der Waals surface area contributed by atoms with Gasteiger partial charge in [-0.15, -0.1) is 0 Å². The van der Waals surface area contributed by atoms with Gasteiger partial charge < -0.3 is 10.8 Å². The Morgan fingerprint density at radius 1 is 1.19 bits per heavy atom. The van der Waals surface area contributed by atoms with Crippen molar-refractivity contribution in [2.75, 3.05) is 6.54 Å². The van der Waals surface area contributed by atoms with Gasteiger partial charge in [-0.3, -0.25) is 0 Å². The fraction of sp³-hybridized carbons (Fsp3) is 0.571. The summed E-state index contributed by atoms with van der Waals surface area (Å²) >= 11 is 0. The molecule has 2 unspecified atom stereocenters. The zero-order valence-corrected chi connectivity index (χ0v) is 9.52. The summed E-state index contributed by atoms with van der Waals surface area (Å²) in [5.41, 5.74) is 7.64. The van der Waals surface area contributed by atoms with Crippen molar-refractivity contribution in [1.29, 1.82) is 0 Å². The molecule has 0 aromatic heterocycles. The van der Waals surface area contributed by atoms with Gasteiger partial charge in [0.05, 0.1) is 0 Å². The van der Waals surface area contributed by atoms with E-state index in [2.05, 4.69) is 0 Å². The maximum Gasteiger partial charge on any atom is 0.115 e. The zero-order chi connectivity index (χ0) is 11.2. The van der Waals surface area contributed by atoms with Gasteiger partial charge >= 0.3 is 0 Å². The summed E-state index contributed by atoms with van der Waals surface area (Å²) < 4.78 is 0. The molecule has 3 N–H and O–H groups in total. The Labute approximate surface area is 96.5 Å². The van der Waals surface area contributed by atoms with Crippen LogP contribution in [0.25, 0.3) is 0 Å². The summed E-state index contributed by atoms with van der Waals surface area (Å²) in [6, 6.07) is 7.60. The Morgan fingerprint density at radius 2 is 1.81 bits per heavy atom. The average Bonchev–Trinajstić information content (AvgIpc) is 2.91. The molecule has 16 heavy (non-hydrogen) atoms. The Bertz CT molecular complexity index is 374. The zero-order valence-electron chi connectivity index (χ0n) is 9.52. The second-order valence-electron chi connectivity index (χ2n) is 5.71. The minimum atomic E-state index is 0.347. The van der Waals surface area contributed by atoms with Crippen LogP contribution in [0.4, 0.5) is 0 Å². The molecule has 2 atom stereocenters. The number of fused-ring (bicyclic) bond motifs is 1. The molecule has 2 aliphatic carbocycles. The Morgan fingerprint density at radius 3 is 2.38 bits per heavy atom. The Balaban J connectivity index is 1.75. The topological polar surface area (TPSA) is 46.2 Å². The van der Waals surface area contributed by atoms with Crippen LogP contribution in [-0.4, -0.2) is 11.7 Å². The van der Waals surface area contributed by atoms with E-state index in [1.54, 1.807) is 12.1 Å². The van der Waals surface area contributed by atoms with Gasteiger partial charge in [-0.05, 0) is 67.2 Å². The number of rotatable bonds is 3. The highest BCUT2D eigenvalue weighted by atomic mass is 16.3. The van der Waals surface area contributed by atoms with E-state index in [9.17, 15) is 5.11 Å². The molecular formula is C14H19NO. The van der Waals surface area contributed by atoms with Crippen LogP contribution in [-0.2, 0) is 6.42 Å². The first-order valence-electron chi connectivity index (χ1n) is 6.19. The number of nitrogens with two attached hydrogens (primary N) is 1. The molecule has 1 aromatic carbocycles. The molecule has 0 saturated heterocycles. The minimum absolute atomic E-state index is 0.347. The Hall–Kier alpha value is -1.02. The lowest BCUT2D eigenvalue weighted by Gasteiger charge is -2.29. The van der Waals surface area contributed by atoms with Crippen molar-refractivity contribution in [2.24, 2.45) is 23.0 Å². The molecule has 2 fully saturated rings. The molecule has 0 aliphatic heterocycles. The summed E-state index contributed by atoms with van der Waals surface area (Å²) in [5, 5.41) is 9.26. The van der Waals surface area contributed by atoms with Crippen LogP contribution in [0, 0.1) is 17.3 Å². The molecule has 0 heterocycles. The van der Waals surface area contributed by atoms with Crippen molar-refractivity contribution in [1.82, 2.24) is 0 Å². The second kappa shape index (κ2) is 3.49. The van der Waals surface area contributed by atoms with E-state index in [1.807, 2.05) is 12.1 Å². The van der Waals surface area contributed by atoms with Gasteiger partial charge in [0, 0.05) is 0 Å². The molecule has 86 valence electrons. The molecule has 0 spiro atoms. The minimum Gasteiger partial charge on any atom is -0.508 e. The molecule has 2 heteroatoms. The molecule has 2 aliphatic rings. The number of phenolic OH excluding ortho intramolecular Hbond substituents is 1. The normalized spacial score (nSPS) is 36.1. The molecule has 1 aromatic rings. The molecular weight excluding hydrogens is 198 g/mol. The van der Waals surface area contributed by atoms with Crippen LogP contribution in [0.3, 0.4) is 0 Å². The highest BCUT2D eigenvalue weighted by Crippen LogP contribution is 2.60. The smallest absolute Gasteiger partial charge is 0.115 e. The fourth-order valence-corrected chi connectivity index (χ4v) is 3.44. The molecule has 0 amide bonds. The van der Waals surface area contributed by atoms with Crippen LogP contribution < -0.4 is 5.73 Å². The lowest BCUT2D eigenvalue weighted by atomic mass is 9.77. The number of hydrogen-bond acceptors (Lipinski definition) is 2. The highest BCUT2D eigenvalue weighted by Gasteiger charge is 2.52. The van der Waals surface area contributed by atoms with Crippen molar-refractivity contribution in [3.63, 3.8) is 0 Å². The highest BCUT2D eigenvalue weighted by molar-refractivity contribution is 5.27. The summed E-state index contributed by atoms with van der Waals surface area (Å²) in [5.74, 6) is 2.29. The van der Waals surface area contributed by atoms with Crippen LogP contribution >= 0.6 is 0 Å². The third kappa shape index (κ3) is 1.71. The quantitative estimate of drug-likeness (QED) is 0.816. The van der Waals surface area contributed by atoms with Crippen molar-refractivity contribution in [3.05, 3.63) is 29.8 Å². The van der Waals surface area contributed by atoms with Gasteiger partial charge in [0.25, 0.3) is 0 Å². The monoisotopic (exact) mass is 217 g/mol. The third-order valence-corrected chi connectivity index (χ3v) is 4.41. The number of hydrogen-bond donors (Lipinski definition) is 2. The van der Waals surface area contributed by atoms with E-state index in [0.29, 0.717) is 11.2 Å². The molecule has 3 rings (SSSR count). The molecule has 2 saturated carbocycles. The first-order chi connectivity index (χ1) is 7.71. The summed E-state index contributed by atoms with van der Waals surface area (Å²) in [6.45, 7) is 0.806. The summed E-state index contributed by atoms with van der Waals surface area (Å²) in [7, 11) is 0. The maximum absolute atomic E-state index is 9.26. The predicted molar refractivity (Wildman–Crippen MR) is 64.1 cm³/mol. The number of phenols is 1. The van der Waals surface area contributed by atoms with Gasteiger partial charge in [0.15, 0.2) is 0 Å². The maximum atomic E-state index is 9.26. The van der Waals surface area contributed by atoms with Gasteiger partial charge in [-0.2, -0.15) is 0 Å². The lowest BCUT2D eigenvalue weighted by molar-refractivity contribution is 0.273. The van der Waals surface area contributed by atoms with E-state index in [4.69, 9.17) is 5.73 Å². The third-order valence-electron chi connectivity index (χ3n) is 4.41. The molecule has 0 radical (unpaired) electrons. The fourth-order valence-electron chi connectivity index (χ4n) is 3.44. The number of aromatic hydroxyl groups is 1. The van der Waals surface area contributed by atoms with Crippen LogP contribution in [0.5, 0.6) is 5.75 Å². The van der Waals surface area contributed by atoms with Crippen LogP contribution in [0.15, 0.2) is 24.3 Å². The van der Waals surface area contributed by atoms with Crippen molar-refractivity contribution in [2.45, 2.75) is 25.7 Å². The number of benzene rings is 1. The standard InChI is InChI=1S/C14H19NO/c15-9-14(7-11-5-12(11)8-14)6-10-1-3-13(16)4-2-10/h1-4,11-12,16H,5-9,15H2. The average molecular weight is 217 g/mol. The lowest BCUT2D eigenvalue weighted by Crippen LogP contribution is -2.31. The van der Waals surface area contributed by atoms with E-state index in [0.717, 1.165) is 24.8 Å². The Kier molecular flexibility index (Phi) is 2.21. The summed E-state index contributed by atoms with van der Waals surface area (Å²) in [6.07, 6.45) is 5.15. The van der Waals surface area contributed by atoms with E-state index in [1.165, 1.54) is 24.8 Å². The van der Waals surface area contributed by atoms with E-state index < -0.39 is 0 Å². The first-order valence-corrected chi connectivity index (χ1v) is 6.19. The van der Waals surface area contributed by atoms with Crippen LogP contribution in [0.1, 0.15) is 24.8 Å². The van der Waals surface area contributed by atoms with Gasteiger partial charge in [-0.25, -0.2) is 0 Å². The van der Waals surface area contributed by atoms with Crippen molar-refractivity contribution in [3.8, 4) is 5.75 Å². The van der Waals surface area contributed by atoms with E-state index in [-0.39, 0.29) is 0 Å².